The maximum Gasteiger partial charge on any atom is 0.111 e. The number of nitrogens with zero attached hydrogens (tertiary/aromatic N) is 1. The number of benzene rings is 2. The quantitative estimate of drug-likeness (QED) is 0.380. The molecule has 7 nitrogen and oxygen atoms in total. The van der Waals surface area contributed by atoms with Gasteiger partial charge in [-0.3, -0.25) is 0 Å². The molecule has 1 unspecified atom stereocenters. The lowest BCUT2D eigenvalue weighted by molar-refractivity contribution is -0.229. The second-order valence-electron chi connectivity index (χ2n) is 8.45. The monoisotopic (exact) mass is 460 g/mol. The third-order valence-electron chi connectivity index (χ3n) is 6.11. The van der Waals surface area contributed by atoms with Crippen LogP contribution in [0.25, 0.3) is 0 Å². The average Bonchev–Trinajstić information content (AvgIpc) is 2.80. The van der Waals surface area contributed by atoms with Crippen molar-refractivity contribution in [3.05, 3.63) is 48.0 Å². The number of aliphatic hydroxyl groups is 4. The van der Waals surface area contributed by atoms with Crippen LogP contribution < -0.4 is 10.2 Å². The SMILES string of the molecule is Cc1ccc2c(c1)N(CCCNCCC1O[C@H](CO)[C@@H](O)[C@H](O)[C@H]1O)c1ccccc1S2. The van der Waals surface area contributed by atoms with Crippen molar-refractivity contribution in [1.82, 2.24) is 5.32 Å². The summed E-state index contributed by atoms with van der Waals surface area (Å²) < 4.78 is 5.56. The highest BCUT2D eigenvalue weighted by atomic mass is 32.2. The first-order chi connectivity index (χ1) is 15.5. The molecular formula is C24H32N2O5S. The number of hydrogen-bond donors (Lipinski definition) is 5. The lowest BCUT2D eigenvalue weighted by Crippen LogP contribution is -2.58. The Bertz CT molecular complexity index is 912. The number of rotatable bonds is 8. The fourth-order valence-corrected chi connectivity index (χ4v) is 5.41. The molecule has 2 aromatic carbocycles. The Morgan fingerprint density at radius 2 is 1.69 bits per heavy atom. The molecule has 1 saturated heterocycles. The van der Waals surface area contributed by atoms with Crippen molar-refractivity contribution < 1.29 is 25.2 Å². The molecule has 5 atom stereocenters. The fourth-order valence-electron chi connectivity index (χ4n) is 4.33. The first-order valence-corrected chi connectivity index (χ1v) is 12.0. The third-order valence-corrected chi connectivity index (χ3v) is 7.24. The molecule has 0 bridgehead atoms. The Morgan fingerprint density at radius 3 is 2.50 bits per heavy atom. The van der Waals surface area contributed by atoms with Gasteiger partial charge in [-0.2, -0.15) is 0 Å². The largest absolute Gasteiger partial charge is 0.394 e. The molecule has 2 aliphatic rings. The molecule has 8 heteroatoms. The highest BCUT2D eigenvalue weighted by Crippen LogP contribution is 2.48. The summed E-state index contributed by atoms with van der Waals surface area (Å²) in [6, 6.07) is 15.1. The lowest BCUT2D eigenvalue weighted by atomic mass is 9.93. The second-order valence-corrected chi connectivity index (χ2v) is 9.54. The van der Waals surface area contributed by atoms with Crippen LogP contribution >= 0.6 is 11.8 Å². The second kappa shape index (κ2) is 10.5. The zero-order valence-corrected chi connectivity index (χ0v) is 19.0. The Labute approximate surface area is 193 Å². The van der Waals surface area contributed by atoms with Crippen molar-refractivity contribution >= 4 is 23.1 Å². The molecule has 2 aliphatic heterocycles. The van der Waals surface area contributed by atoms with Gasteiger partial charge < -0.3 is 35.4 Å². The molecule has 5 N–H and O–H groups in total. The van der Waals surface area contributed by atoms with Gasteiger partial charge in [-0.05, 0) is 62.7 Å². The minimum atomic E-state index is -1.31. The van der Waals surface area contributed by atoms with Crippen molar-refractivity contribution in [2.75, 3.05) is 31.1 Å². The van der Waals surface area contributed by atoms with Crippen molar-refractivity contribution in [2.45, 2.75) is 60.1 Å². The molecular weight excluding hydrogens is 428 g/mol. The number of para-hydroxylation sites is 1. The van der Waals surface area contributed by atoms with E-state index in [4.69, 9.17) is 4.74 Å². The van der Waals surface area contributed by atoms with Gasteiger partial charge in [0.15, 0.2) is 0 Å². The van der Waals surface area contributed by atoms with Crippen LogP contribution in [-0.4, -0.2) is 77.2 Å². The van der Waals surface area contributed by atoms with E-state index < -0.39 is 37.1 Å². The summed E-state index contributed by atoms with van der Waals surface area (Å²) in [6.07, 6.45) is -3.86. The van der Waals surface area contributed by atoms with Gasteiger partial charge in [-0.25, -0.2) is 0 Å². The molecule has 0 amide bonds. The number of hydrogen-bond acceptors (Lipinski definition) is 8. The van der Waals surface area contributed by atoms with Crippen LogP contribution in [0.15, 0.2) is 52.3 Å². The first kappa shape index (κ1) is 23.5. The van der Waals surface area contributed by atoms with E-state index in [0.29, 0.717) is 13.0 Å². The van der Waals surface area contributed by atoms with Crippen molar-refractivity contribution in [2.24, 2.45) is 0 Å². The fraction of sp³-hybridized carbons (Fsp3) is 0.500. The number of ether oxygens (including phenoxy) is 1. The summed E-state index contributed by atoms with van der Waals surface area (Å²) >= 11 is 1.81. The molecule has 0 aromatic heterocycles. The van der Waals surface area contributed by atoms with Gasteiger partial charge in [0, 0.05) is 16.3 Å². The Hall–Kier alpha value is -1.65. The smallest absolute Gasteiger partial charge is 0.111 e. The maximum atomic E-state index is 10.1. The van der Waals surface area contributed by atoms with Gasteiger partial charge in [-0.15, -0.1) is 0 Å². The summed E-state index contributed by atoms with van der Waals surface area (Å²) in [5, 5.41) is 42.6. The van der Waals surface area contributed by atoms with E-state index in [-0.39, 0.29) is 0 Å². The van der Waals surface area contributed by atoms with Gasteiger partial charge in [0.2, 0.25) is 0 Å². The van der Waals surface area contributed by atoms with E-state index in [2.05, 4.69) is 59.6 Å². The topological polar surface area (TPSA) is 105 Å². The Balaban J connectivity index is 1.29. The van der Waals surface area contributed by atoms with E-state index >= 15 is 0 Å². The number of aliphatic hydroxyl groups excluding tert-OH is 4. The predicted octanol–water partition coefficient (Wildman–Crippen LogP) is 1.81. The summed E-state index contributed by atoms with van der Waals surface area (Å²) in [6.45, 7) is 3.99. The molecule has 0 radical (unpaired) electrons. The van der Waals surface area contributed by atoms with Crippen LogP contribution in [0, 0.1) is 6.92 Å². The summed E-state index contributed by atoms with van der Waals surface area (Å²) in [7, 11) is 0. The molecule has 0 spiro atoms. The van der Waals surface area contributed by atoms with Gasteiger partial charge in [0.05, 0.1) is 24.1 Å². The first-order valence-electron chi connectivity index (χ1n) is 11.2. The minimum absolute atomic E-state index is 0.397. The summed E-state index contributed by atoms with van der Waals surface area (Å²) in [5.41, 5.74) is 3.72. The van der Waals surface area contributed by atoms with Crippen LogP contribution in [0.1, 0.15) is 18.4 Å². The molecule has 4 rings (SSSR count). The van der Waals surface area contributed by atoms with Crippen molar-refractivity contribution in [1.29, 1.82) is 0 Å². The third kappa shape index (κ3) is 4.97. The highest BCUT2D eigenvalue weighted by molar-refractivity contribution is 7.99. The standard InChI is InChI=1S/C24H32N2O5S/c1-15-7-8-21-17(13-15)26(16-5-2-3-6-20(16)32-21)12-4-10-25-11-9-18-22(28)24(30)23(29)19(14-27)31-18/h2-3,5-8,13,18-19,22-25,27-30H,4,9-12,14H2,1H3/t18?,19-,22+,23-,24-/m1/s1. The van der Waals surface area contributed by atoms with Crippen LogP contribution in [-0.2, 0) is 4.74 Å². The lowest BCUT2D eigenvalue weighted by Gasteiger charge is -2.40. The van der Waals surface area contributed by atoms with Crippen LogP contribution in [0.3, 0.4) is 0 Å². The van der Waals surface area contributed by atoms with Crippen molar-refractivity contribution in [3.8, 4) is 0 Å². The van der Waals surface area contributed by atoms with Gasteiger partial charge in [0.1, 0.15) is 24.4 Å². The number of fused-ring (bicyclic) bond motifs is 2. The summed E-state index contributed by atoms with van der Waals surface area (Å²) in [5.74, 6) is 0. The van der Waals surface area contributed by atoms with E-state index in [1.807, 2.05) is 11.8 Å². The predicted molar refractivity (Wildman–Crippen MR) is 125 cm³/mol. The van der Waals surface area contributed by atoms with E-state index in [9.17, 15) is 20.4 Å². The normalized spacial score (nSPS) is 27.2. The van der Waals surface area contributed by atoms with E-state index in [1.54, 1.807) is 0 Å². The Kier molecular flexibility index (Phi) is 7.73. The van der Waals surface area contributed by atoms with Crippen LogP contribution in [0.2, 0.25) is 0 Å². The van der Waals surface area contributed by atoms with Crippen LogP contribution in [0.5, 0.6) is 0 Å². The molecule has 0 saturated carbocycles. The van der Waals surface area contributed by atoms with E-state index in [0.717, 1.165) is 19.5 Å². The summed E-state index contributed by atoms with van der Waals surface area (Å²) in [4.78, 5) is 4.91. The maximum absolute atomic E-state index is 10.1. The van der Waals surface area contributed by atoms with E-state index in [1.165, 1.54) is 26.7 Å². The molecule has 174 valence electrons. The van der Waals surface area contributed by atoms with Gasteiger partial charge >= 0.3 is 0 Å². The molecule has 1 fully saturated rings. The van der Waals surface area contributed by atoms with Gasteiger partial charge in [-0.1, -0.05) is 30.0 Å². The zero-order valence-electron chi connectivity index (χ0n) is 18.2. The molecule has 32 heavy (non-hydrogen) atoms. The number of aryl methyl sites for hydroxylation is 1. The highest BCUT2D eigenvalue weighted by Gasteiger charge is 2.42. The Morgan fingerprint density at radius 1 is 0.938 bits per heavy atom. The van der Waals surface area contributed by atoms with Gasteiger partial charge in [0.25, 0.3) is 0 Å². The van der Waals surface area contributed by atoms with Crippen LogP contribution in [0.4, 0.5) is 11.4 Å². The average molecular weight is 461 g/mol. The van der Waals surface area contributed by atoms with Crippen molar-refractivity contribution in [3.63, 3.8) is 0 Å². The molecule has 2 aromatic rings. The minimum Gasteiger partial charge on any atom is -0.394 e. The zero-order chi connectivity index (χ0) is 22.7. The molecule has 2 heterocycles. The number of anilines is 2. The molecule has 0 aliphatic carbocycles. The number of nitrogens with one attached hydrogen (secondary N) is 1.